The maximum atomic E-state index is 12.6. The van der Waals surface area contributed by atoms with Gasteiger partial charge in [0, 0.05) is 31.6 Å². The van der Waals surface area contributed by atoms with Crippen LogP contribution in [0.25, 0.3) is 10.9 Å². The molecule has 0 saturated heterocycles. The number of aromatic nitrogens is 1. The molecule has 1 aromatic heterocycles. The van der Waals surface area contributed by atoms with Crippen molar-refractivity contribution in [1.82, 2.24) is 15.2 Å². The third kappa shape index (κ3) is 4.85. The Kier molecular flexibility index (Phi) is 6.46. The number of carbonyl (C=O) groups excluding carboxylic acids is 2. The van der Waals surface area contributed by atoms with Crippen LogP contribution in [0.2, 0.25) is 0 Å². The molecule has 1 atom stereocenters. The normalized spacial score (nSPS) is 15.4. The summed E-state index contributed by atoms with van der Waals surface area (Å²) in [5, 5.41) is 4.01. The number of pyridine rings is 1. The van der Waals surface area contributed by atoms with E-state index in [9.17, 15) is 9.59 Å². The largest absolute Gasteiger partial charge is 0.491 e. The average Bonchev–Trinajstić information content (AvgIpc) is 2.79. The van der Waals surface area contributed by atoms with Gasteiger partial charge in [-0.2, -0.15) is 0 Å². The Hall–Kier alpha value is -3.41. The molecule has 0 saturated carbocycles. The monoisotopic (exact) mass is 417 g/mol. The summed E-state index contributed by atoms with van der Waals surface area (Å²) < 4.78 is 5.88. The fraction of sp³-hybridized carbons (Fsp3) is 0.320. The molecule has 4 rings (SSSR count). The summed E-state index contributed by atoms with van der Waals surface area (Å²) in [6.45, 7) is 3.22. The average molecular weight is 418 g/mol. The van der Waals surface area contributed by atoms with Crippen molar-refractivity contribution in [2.24, 2.45) is 0 Å². The molecular formula is C25H27N3O3. The molecular weight excluding hydrogens is 390 g/mol. The van der Waals surface area contributed by atoms with Crippen molar-refractivity contribution in [3.63, 3.8) is 0 Å². The maximum Gasteiger partial charge on any atom is 0.222 e. The number of fused-ring (bicyclic) bond motifs is 2. The first-order valence-electron chi connectivity index (χ1n) is 10.7. The maximum absolute atomic E-state index is 12.6. The number of para-hydroxylation sites is 1. The Balaban J connectivity index is 1.28. The van der Waals surface area contributed by atoms with Gasteiger partial charge >= 0.3 is 0 Å². The number of carbonyl (C=O) groups is 2. The molecule has 6 heteroatoms. The first kappa shape index (κ1) is 20.8. The van der Waals surface area contributed by atoms with E-state index in [-0.39, 0.29) is 24.3 Å². The minimum Gasteiger partial charge on any atom is -0.491 e. The topological polar surface area (TPSA) is 71.5 Å². The smallest absolute Gasteiger partial charge is 0.222 e. The molecule has 0 radical (unpaired) electrons. The zero-order valence-corrected chi connectivity index (χ0v) is 17.7. The predicted octanol–water partition coefficient (Wildman–Crippen LogP) is 3.66. The Bertz CT molecular complexity index is 1080. The molecule has 1 N–H and O–H groups in total. The number of hydrogen-bond acceptors (Lipinski definition) is 4. The van der Waals surface area contributed by atoms with Gasteiger partial charge in [-0.3, -0.25) is 14.6 Å². The molecule has 0 fully saturated rings. The fourth-order valence-electron chi connectivity index (χ4n) is 4.17. The Morgan fingerprint density at radius 3 is 2.84 bits per heavy atom. The van der Waals surface area contributed by atoms with Gasteiger partial charge in [0.25, 0.3) is 0 Å². The van der Waals surface area contributed by atoms with E-state index in [0.717, 1.165) is 28.6 Å². The Morgan fingerprint density at radius 1 is 1.13 bits per heavy atom. The second kappa shape index (κ2) is 9.60. The van der Waals surface area contributed by atoms with Crippen LogP contribution >= 0.6 is 0 Å². The molecule has 0 bridgehead atoms. The highest BCUT2D eigenvalue weighted by Gasteiger charge is 2.30. The molecule has 0 spiro atoms. The van der Waals surface area contributed by atoms with Gasteiger partial charge in [-0.25, -0.2) is 0 Å². The number of rotatable bonds is 7. The van der Waals surface area contributed by atoms with Crippen LogP contribution in [0.5, 0.6) is 5.75 Å². The van der Waals surface area contributed by atoms with Crippen LogP contribution in [0.1, 0.15) is 36.9 Å². The lowest BCUT2D eigenvalue weighted by Crippen LogP contribution is -2.41. The predicted molar refractivity (Wildman–Crippen MR) is 120 cm³/mol. The van der Waals surface area contributed by atoms with Crippen LogP contribution in [0.3, 0.4) is 0 Å². The number of amides is 2. The van der Waals surface area contributed by atoms with E-state index >= 15 is 0 Å². The van der Waals surface area contributed by atoms with Gasteiger partial charge in [-0.1, -0.05) is 42.5 Å². The SMILES string of the molecule is CC(=O)N1CCc2ccccc2C1CC(=O)NCCCOc1cccc2cccnc12. The van der Waals surface area contributed by atoms with Crippen LogP contribution < -0.4 is 10.1 Å². The molecule has 6 nitrogen and oxygen atoms in total. The van der Waals surface area contributed by atoms with Crippen molar-refractivity contribution >= 4 is 22.7 Å². The van der Waals surface area contributed by atoms with Crippen molar-refractivity contribution < 1.29 is 14.3 Å². The standard InChI is InChI=1S/C25H27N3O3/c1-18(29)28-15-12-19-7-2-3-10-21(19)22(28)17-24(30)26-14-6-16-31-23-11-4-8-20-9-5-13-27-25(20)23/h2-5,7-11,13,22H,6,12,14-17H2,1H3,(H,26,30). The van der Waals surface area contributed by atoms with Gasteiger partial charge in [-0.05, 0) is 36.1 Å². The first-order chi connectivity index (χ1) is 15.1. The summed E-state index contributed by atoms with van der Waals surface area (Å²) in [5.41, 5.74) is 3.13. The summed E-state index contributed by atoms with van der Waals surface area (Å²) >= 11 is 0. The van der Waals surface area contributed by atoms with E-state index in [1.807, 2.05) is 48.5 Å². The molecule has 1 unspecified atom stereocenters. The van der Waals surface area contributed by atoms with Crippen LogP contribution in [-0.2, 0) is 16.0 Å². The fourth-order valence-corrected chi connectivity index (χ4v) is 4.17. The van der Waals surface area contributed by atoms with Crippen LogP contribution in [0, 0.1) is 0 Å². The van der Waals surface area contributed by atoms with E-state index in [1.54, 1.807) is 18.0 Å². The number of nitrogens with one attached hydrogen (secondary N) is 1. The summed E-state index contributed by atoms with van der Waals surface area (Å²) in [6.07, 6.45) is 3.54. The highest BCUT2D eigenvalue weighted by atomic mass is 16.5. The number of hydrogen-bond donors (Lipinski definition) is 1. The van der Waals surface area contributed by atoms with E-state index < -0.39 is 0 Å². The van der Waals surface area contributed by atoms with E-state index in [0.29, 0.717) is 26.1 Å². The second-order valence-corrected chi connectivity index (χ2v) is 7.76. The molecule has 160 valence electrons. The highest BCUT2D eigenvalue weighted by molar-refractivity contribution is 5.84. The third-order valence-corrected chi connectivity index (χ3v) is 5.69. The van der Waals surface area contributed by atoms with E-state index in [4.69, 9.17) is 4.74 Å². The van der Waals surface area contributed by atoms with Crippen molar-refractivity contribution in [1.29, 1.82) is 0 Å². The lowest BCUT2D eigenvalue weighted by molar-refractivity contribution is -0.133. The molecule has 3 aromatic rings. The van der Waals surface area contributed by atoms with Gasteiger partial charge in [0.05, 0.1) is 19.1 Å². The first-order valence-corrected chi connectivity index (χ1v) is 10.7. The van der Waals surface area contributed by atoms with Gasteiger partial charge in [0.15, 0.2) is 0 Å². The summed E-state index contributed by atoms with van der Waals surface area (Å²) in [7, 11) is 0. The van der Waals surface area contributed by atoms with Crippen molar-refractivity contribution in [3.05, 3.63) is 71.9 Å². The zero-order chi connectivity index (χ0) is 21.6. The van der Waals surface area contributed by atoms with Crippen LogP contribution in [-0.4, -0.2) is 41.4 Å². The summed E-state index contributed by atoms with van der Waals surface area (Å²) in [4.78, 5) is 30.9. The van der Waals surface area contributed by atoms with Gasteiger partial charge in [0.2, 0.25) is 11.8 Å². The Morgan fingerprint density at radius 2 is 1.97 bits per heavy atom. The number of nitrogens with zero attached hydrogens (tertiary/aromatic N) is 2. The lowest BCUT2D eigenvalue weighted by atomic mass is 9.90. The quantitative estimate of drug-likeness (QED) is 0.596. The third-order valence-electron chi connectivity index (χ3n) is 5.69. The molecule has 2 heterocycles. The van der Waals surface area contributed by atoms with Crippen molar-refractivity contribution in [2.45, 2.75) is 32.2 Å². The summed E-state index contributed by atoms with van der Waals surface area (Å²) in [5.74, 6) is 0.699. The molecule has 2 aromatic carbocycles. The van der Waals surface area contributed by atoms with Gasteiger partial charge in [-0.15, -0.1) is 0 Å². The molecule has 31 heavy (non-hydrogen) atoms. The highest BCUT2D eigenvalue weighted by Crippen LogP contribution is 2.32. The minimum absolute atomic E-state index is 0.00407. The Labute approximate surface area is 182 Å². The summed E-state index contributed by atoms with van der Waals surface area (Å²) in [6, 6.07) is 17.6. The van der Waals surface area contributed by atoms with Crippen LogP contribution in [0.15, 0.2) is 60.8 Å². The molecule has 1 aliphatic rings. The van der Waals surface area contributed by atoms with Crippen LogP contribution in [0.4, 0.5) is 0 Å². The second-order valence-electron chi connectivity index (χ2n) is 7.76. The zero-order valence-electron chi connectivity index (χ0n) is 17.7. The van der Waals surface area contributed by atoms with Gasteiger partial charge < -0.3 is 15.0 Å². The van der Waals surface area contributed by atoms with Crippen molar-refractivity contribution in [2.75, 3.05) is 19.7 Å². The minimum atomic E-state index is -0.208. The molecule has 1 aliphatic heterocycles. The number of benzene rings is 2. The lowest BCUT2D eigenvalue weighted by Gasteiger charge is -2.36. The number of ether oxygens (including phenoxy) is 1. The van der Waals surface area contributed by atoms with Gasteiger partial charge in [0.1, 0.15) is 11.3 Å². The molecule has 0 aliphatic carbocycles. The molecule has 2 amide bonds. The van der Waals surface area contributed by atoms with E-state index in [2.05, 4.69) is 16.4 Å². The van der Waals surface area contributed by atoms with Crippen molar-refractivity contribution in [3.8, 4) is 5.75 Å². The van der Waals surface area contributed by atoms with E-state index in [1.165, 1.54) is 5.56 Å².